The third kappa shape index (κ3) is 2.68. The van der Waals surface area contributed by atoms with Crippen LogP contribution in [0, 0.1) is 13.8 Å². The van der Waals surface area contributed by atoms with Crippen molar-refractivity contribution >= 4 is 23.0 Å². The third-order valence-corrected chi connectivity index (χ3v) is 2.96. The van der Waals surface area contributed by atoms with Gasteiger partial charge in [0.1, 0.15) is 5.76 Å². The Kier molecular flexibility index (Phi) is 3.62. The first-order valence-electron chi connectivity index (χ1n) is 5.61. The van der Waals surface area contributed by atoms with Crippen molar-refractivity contribution < 1.29 is 4.42 Å². The molecule has 1 aromatic carbocycles. The zero-order valence-corrected chi connectivity index (χ0v) is 11.4. The number of nitrogens with one attached hydrogen (secondary N) is 1. The molecule has 0 amide bonds. The summed E-state index contributed by atoms with van der Waals surface area (Å²) in [6.45, 7) is 3.88. The first-order chi connectivity index (χ1) is 8.58. The number of thiocarbonyl (C=S) groups is 1. The van der Waals surface area contributed by atoms with Crippen LogP contribution in [0.4, 0.5) is 5.69 Å². The first-order valence-corrected chi connectivity index (χ1v) is 6.02. The Hall–Kier alpha value is -1.88. The zero-order valence-electron chi connectivity index (χ0n) is 10.6. The number of para-hydroxylation sites is 1. The van der Waals surface area contributed by atoms with E-state index in [2.05, 4.69) is 10.3 Å². The van der Waals surface area contributed by atoms with Gasteiger partial charge in [0.25, 0.3) is 0 Å². The van der Waals surface area contributed by atoms with E-state index in [9.17, 15) is 0 Å². The lowest BCUT2D eigenvalue weighted by Gasteiger charge is -2.01. The summed E-state index contributed by atoms with van der Waals surface area (Å²) in [7, 11) is 1.90. The molecule has 2 rings (SSSR count). The Morgan fingerprint density at radius 2 is 1.94 bits per heavy atom. The second kappa shape index (κ2) is 5.18. The number of hydrogen-bond donors (Lipinski definition) is 1. The molecule has 0 saturated carbocycles. The molecule has 0 aliphatic heterocycles. The van der Waals surface area contributed by atoms with E-state index >= 15 is 0 Å². The van der Waals surface area contributed by atoms with E-state index in [4.69, 9.17) is 16.6 Å². The highest BCUT2D eigenvalue weighted by molar-refractivity contribution is 7.80. The maximum atomic E-state index is 5.52. The van der Waals surface area contributed by atoms with Gasteiger partial charge in [0.2, 0.25) is 5.11 Å². The van der Waals surface area contributed by atoms with Crippen molar-refractivity contribution in [3.8, 4) is 0 Å². The number of aromatic nitrogens is 1. The quantitative estimate of drug-likeness (QED) is 0.802. The van der Waals surface area contributed by atoms with Gasteiger partial charge >= 0.3 is 5.68 Å². The third-order valence-electron chi connectivity index (χ3n) is 2.77. The van der Waals surface area contributed by atoms with Crippen LogP contribution in [0.2, 0.25) is 0 Å². The number of anilines is 1. The van der Waals surface area contributed by atoms with Gasteiger partial charge in [-0.25, -0.2) is 0 Å². The summed E-state index contributed by atoms with van der Waals surface area (Å²) in [4.78, 5) is 4.25. The van der Waals surface area contributed by atoms with Crippen molar-refractivity contribution in [3.63, 3.8) is 0 Å². The Morgan fingerprint density at radius 1 is 1.28 bits per heavy atom. The van der Waals surface area contributed by atoms with Crippen molar-refractivity contribution in [3.05, 3.63) is 47.5 Å². The molecule has 0 aliphatic carbocycles. The van der Waals surface area contributed by atoms with Crippen LogP contribution in [0.3, 0.4) is 0 Å². The van der Waals surface area contributed by atoms with Gasteiger partial charge in [-0.05, 0) is 38.2 Å². The summed E-state index contributed by atoms with van der Waals surface area (Å²) in [5.41, 5.74) is 2.45. The molecule has 0 spiro atoms. The van der Waals surface area contributed by atoms with Gasteiger partial charge in [0.15, 0.2) is 0 Å². The van der Waals surface area contributed by atoms with E-state index < -0.39 is 0 Å². The fourth-order valence-corrected chi connectivity index (χ4v) is 1.71. The Balaban J connectivity index is 2.23. The summed E-state index contributed by atoms with van der Waals surface area (Å²) in [6, 6.07) is 9.68. The van der Waals surface area contributed by atoms with Gasteiger partial charge in [-0.3, -0.25) is 4.57 Å². The van der Waals surface area contributed by atoms with Crippen LogP contribution in [0.15, 0.2) is 39.7 Å². The molecule has 0 radical (unpaired) electrons. The summed E-state index contributed by atoms with van der Waals surface area (Å²) in [5, 5.41) is 3.42. The summed E-state index contributed by atoms with van der Waals surface area (Å²) in [6.07, 6.45) is 0. The van der Waals surface area contributed by atoms with Crippen LogP contribution in [0.25, 0.3) is 0 Å². The van der Waals surface area contributed by atoms with E-state index in [1.165, 1.54) is 0 Å². The van der Waals surface area contributed by atoms with Crippen LogP contribution in [-0.4, -0.2) is 9.68 Å². The molecule has 0 bridgehead atoms. The average molecular weight is 261 g/mol. The summed E-state index contributed by atoms with van der Waals surface area (Å²) >= 11 is 5.18. The van der Waals surface area contributed by atoms with E-state index in [1.807, 2.05) is 55.8 Å². The molecule has 5 heteroatoms. The van der Waals surface area contributed by atoms with Crippen LogP contribution in [0.5, 0.6) is 0 Å². The highest BCUT2D eigenvalue weighted by Crippen LogP contribution is 2.05. The molecule has 0 aliphatic rings. The lowest BCUT2D eigenvalue weighted by Crippen LogP contribution is -2.18. The molecule has 2 aromatic rings. The monoisotopic (exact) mass is 261 g/mol. The lowest BCUT2D eigenvalue weighted by molar-refractivity contribution is 0.458. The largest absolute Gasteiger partial charge is 0.428 e. The molecule has 1 N–H and O–H groups in total. The second-order valence-electron chi connectivity index (χ2n) is 3.99. The van der Waals surface area contributed by atoms with E-state index in [1.54, 1.807) is 0 Å². The normalized spacial score (nSPS) is 11.6. The van der Waals surface area contributed by atoms with Crippen molar-refractivity contribution in [1.82, 2.24) is 4.57 Å². The van der Waals surface area contributed by atoms with Gasteiger partial charge in [0, 0.05) is 12.7 Å². The maximum Gasteiger partial charge on any atom is 0.304 e. The fraction of sp³-hybridized carbons (Fsp3) is 0.231. The zero-order chi connectivity index (χ0) is 13.1. The van der Waals surface area contributed by atoms with Gasteiger partial charge in [-0.1, -0.05) is 18.2 Å². The van der Waals surface area contributed by atoms with Crippen molar-refractivity contribution in [2.45, 2.75) is 13.8 Å². The molecular formula is C13H15N3OS. The van der Waals surface area contributed by atoms with Crippen molar-refractivity contribution in [2.75, 3.05) is 5.32 Å². The van der Waals surface area contributed by atoms with Crippen LogP contribution in [0.1, 0.15) is 11.5 Å². The molecule has 1 aromatic heterocycles. The number of aryl methyl sites for hydroxylation is 1. The number of oxazole rings is 1. The van der Waals surface area contributed by atoms with E-state index in [-0.39, 0.29) is 0 Å². The van der Waals surface area contributed by atoms with Gasteiger partial charge in [-0.2, -0.15) is 4.99 Å². The predicted molar refractivity (Wildman–Crippen MR) is 75.4 cm³/mol. The minimum absolute atomic E-state index is 0.380. The SMILES string of the molecule is Cc1o/c(=N/C(=S)Nc2ccccc2)n(C)c1C. The number of hydrogen-bond acceptors (Lipinski definition) is 2. The lowest BCUT2D eigenvalue weighted by atomic mass is 10.3. The van der Waals surface area contributed by atoms with Crippen LogP contribution >= 0.6 is 12.2 Å². The fourth-order valence-electron chi connectivity index (χ4n) is 1.52. The summed E-state index contributed by atoms with van der Waals surface area (Å²) < 4.78 is 7.39. The Morgan fingerprint density at radius 3 is 2.50 bits per heavy atom. The van der Waals surface area contributed by atoms with Gasteiger partial charge in [0.05, 0.1) is 5.69 Å². The van der Waals surface area contributed by atoms with Crippen LogP contribution < -0.4 is 11.0 Å². The standard InChI is InChI=1S/C13H15N3OS/c1-9-10(2)17-13(16(9)3)15-12(18)14-11-7-5-4-6-8-11/h4-8H,1-3H3,(H,14,18)/b15-13+. The molecule has 4 nitrogen and oxygen atoms in total. The molecule has 1 heterocycles. The average Bonchev–Trinajstić information content (AvgIpc) is 2.58. The van der Waals surface area contributed by atoms with Gasteiger partial charge in [-0.15, -0.1) is 0 Å². The second-order valence-corrected chi connectivity index (χ2v) is 4.38. The topological polar surface area (TPSA) is 42.5 Å². The van der Waals surface area contributed by atoms with Crippen molar-refractivity contribution in [2.24, 2.45) is 12.0 Å². The molecule has 0 saturated heterocycles. The highest BCUT2D eigenvalue weighted by atomic mass is 32.1. The number of rotatable bonds is 1. The molecule has 0 fully saturated rings. The predicted octanol–water partition coefficient (Wildman–Crippen LogP) is 2.53. The molecule has 94 valence electrons. The smallest absolute Gasteiger partial charge is 0.304 e. The number of nitrogens with zero attached hydrogens (tertiary/aromatic N) is 2. The molecule has 0 atom stereocenters. The maximum absolute atomic E-state index is 5.52. The van der Waals surface area contributed by atoms with E-state index in [0.29, 0.717) is 10.8 Å². The Labute approximate surface area is 111 Å². The molecule has 0 unspecified atom stereocenters. The first kappa shape index (κ1) is 12.6. The summed E-state index contributed by atoms with van der Waals surface area (Å²) in [5.74, 6) is 0.846. The Bertz CT molecular complexity index is 625. The van der Waals surface area contributed by atoms with Crippen LogP contribution in [-0.2, 0) is 7.05 Å². The van der Waals surface area contributed by atoms with Gasteiger partial charge < -0.3 is 9.73 Å². The minimum Gasteiger partial charge on any atom is -0.428 e. The molecule has 18 heavy (non-hydrogen) atoms. The molecular weight excluding hydrogens is 246 g/mol. The number of benzene rings is 1. The minimum atomic E-state index is 0.380. The highest BCUT2D eigenvalue weighted by Gasteiger charge is 2.04. The van der Waals surface area contributed by atoms with E-state index in [0.717, 1.165) is 17.1 Å². The van der Waals surface area contributed by atoms with Crippen molar-refractivity contribution in [1.29, 1.82) is 0 Å².